The Hall–Kier alpha value is -2.58. The number of benzene rings is 2. The molecule has 2 aromatic carbocycles. The van der Waals surface area contributed by atoms with Gasteiger partial charge in [-0.1, -0.05) is 48.0 Å². The molecule has 0 spiro atoms. The van der Waals surface area contributed by atoms with E-state index < -0.39 is 21.6 Å². The summed E-state index contributed by atoms with van der Waals surface area (Å²) in [6, 6.07) is 15.2. The summed E-state index contributed by atoms with van der Waals surface area (Å²) in [4.78, 5) is 27.6. The molecule has 1 atom stereocenters. The Morgan fingerprint density at radius 3 is 2.18 bits per heavy atom. The minimum absolute atomic E-state index is 0.0798. The smallest absolute Gasteiger partial charge is 0.242 e. The zero-order valence-corrected chi connectivity index (χ0v) is 22.0. The Labute approximate surface area is 208 Å². The van der Waals surface area contributed by atoms with Crippen LogP contribution in [0.5, 0.6) is 0 Å². The monoisotopic (exact) mass is 507 g/mol. The molecule has 1 unspecified atom stereocenters. The first-order chi connectivity index (χ1) is 15.8. The molecule has 0 fully saturated rings. The molecule has 0 saturated carbocycles. The van der Waals surface area contributed by atoms with Crippen LogP contribution in [0.15, 0.2) is 54.6 Å². The van der Waals surface area contributed by atoms with Gasteiger partial charge in [0.2, 0.25) is 21.8 Å². The van der Waals surface area contributed by atoms with Crippen LogP contribution in [0, 0.1) is 0 Å². The van der Waals surface area contributed by atoms with Gasteiger partial charge >= 0.3 is 0 Å². The Morgan fingerprint density at radius 1 is 1.03 bits per heavy atom. The van der Waals surface area contributed by atoms with E-state index in [0.29, 0.717) is 17.1 Å². The number of nitrogens with zero attached hydrogens (tertiary/aromatic N) is 2. The maximum absolute atomic E-state index is 13.3. The van der Waals surface area contributed by atoms with Gasteiger partial charge in [-0.25, -0.2) is 8.42 Å². The van der Waals surface area contributed by atoms with Gasteiger partial charge < -0.3 is 10.2 Å². The summed E-state index contributed by atoms with van der Waals surface area (Å²) < 4.78 is 25.9. The van der Waals surface area contributed by atoms with Gasteiger partial charge in [-0.2, -0.15) is 0 Å². The Kier molecular flexibility index (Phi) is 9.53. The molecule has 34 heavy (non-hydrogen) atoms. The van der Waals surface area contributed by atoms with E-state index >= 15 is 0 Å². The number of halogens is 1. The van der Waals surface area contributed by atoms with Gasteiger partial charge in [-0.15, -0.1) is 0 Å². The molecule has 0 aliphatic rings. The van der Waals surface area contributed by atoms with Crippen molar-refractivity contribution < 1.29 is 18.0 Å². The molecule has 0 saturated heterocycles. The first-order valence-electron chi connectivity index (χ1n) is 11.2. The number of hydrogen-bond donors (Lipinski definition) is 1. The summed E-state index contributed by atoms with van der Waals surface area (Å²) in [5, 5.41) is 3.43. The van der Waals surface area contributed by atoms with Crippen molar-refractivity contribution in [3.05, 3.63) is 65.2 Å². The van der Waals surface area contributed by atoms with Crippen molar-refractivity contribution in [1.82, 2.24) is 10.2 Å². The van der Waals surface area contributed by atoms with Crippen molar-refractivity contribution in [3.63, 3.8) is 0 Å². The van der Waals surface area contributed by atoms with Crippen molar-refractivity contribution in [1.29, 1.82) is 0 Å². The van der Waals surface area contributed by atoms with Crippen LogP contribution in [0.3, 0.4) is 0 Å². The van der Waals surface area contributed by atoms with Gasteiger partial charge in [0.1, 0.15) is 6.04 Å². The van der Waals surface area contributed by atoms with Gasteiger partial charge in [-0.3, -0.25) is 13.9 Å². The Balaban J connectivity index is 2.18. The highest BCUT2D eigenvalue weighted by molar-refractivity contribution is 7.92. The highest BCUT2D eigenvalue weighted by atomic mass is 35.5. The molecule has 0 aliphatic heterocycles. The Morgan fingerprint density at radius 2 is 1.62 bits per heavy atom. The number of hydrogen-bond acceptors (Lipinski definition) is 4. The standard InChI is InChI=1S/C25H34ClN3O4S/c1-19(24(31)27-25(2,3)4)28(18-20-12-9-10-15-22(20)26)23(30)16-11-17-29(34(5,32)33)21-13-7-6-8-14-21/h6-10,12-15,19H,11,16-18H2,1-5H3,(H,27,31). The number of anilines is 1. The molecule has 7 nitrogen and oxygen atoms in total. The average Bonchev–Trinajstić information content (AvgIpc) is 2.74. The summed E-state index contributed by atoms with van der Waals surface area (Å²) in [6.45, 7) is 7.63. The normalized spacial score (nSPS) is 12.6. The van der Waals surface area contributed by atoms with E-state index in [2.05, 4.69) is 5.32 Å². The van der Waals surface area contributed by atoms with Crippen molar-refractivity contribution >= 4 is 39.1 Å². The largest absolute Gasteiger partial charge is 0.350 e. The molecular weight excluding hydrogens is 474 g/mol. The number of nitrogens with one attached hydrogen (secondary N) is 1. The molecule has 186 valence electrons. The van der Waals surface area contributed by atoms with Gasteiger partial charge in [0.25, 0.3) is 0 Å². The zero-order chi connectivity index (χ0) is 25.5. The quantitative estimate of drug-likeness (QED) is 0.521. The van der Waals surface area contributed by atoms with Gasteiger partial charge in [0.05, 0.1) is 11.9 Å². The number of sulfonamides is 1. The van der Waals surface area contributed by atoms with Crippen LogP contribution in [-0.4, -0.2) is 49.5 Å². The van der Waals surface area contributed by atoms with Crippen LogP contribution < -0.4 is 9.62 Å². The van der Waals surface area contributed by atoms with Crippen LogP contribution in [0.25, 0.3) is 0 Å². The number of rotatable bonds is 10. The fourth-order valence-electron chi connectivity index (χ4n) is 3.46. The third kappa shape index (κ3) is 8.33. The highest BCUT2D eigenvalue weighted by Gasteiger charge is 2.29. The SMILES string of the molecule is CC(C(=O)NC(C)(C)C)N(Cc1ccccc1Cl)C(=O)CCCN(c1ccccc1)S(C)(=O)=O. The predicted octanol–water partition coefficient (Wildman–Crippen LogP) is 4.22. The van der Waals surface area contributed by atoms with Crippen molar-refractivity contribution in [2.24, 2.45) is 0 Å². The summed E-state index contributed by atoms with van der Waals surface area (Å²) in [5.74, 6) is -0.520. The second-order valence-corrected chi connectivity index (χ2v) is 11.6. The number of para-hydroxylation sites is 1. The molecule has 1 N–H and O–H groups in total. The third-order valence-corrected chi connectivity index (χ3v) is 6.72. The van der Waals surface area contributed by atoms with E-state index in [1.165, 1.54) is 9.21 Å². The van der Waals surface area contributed by atoms with Crippen LogP contribution in [0.2, 0.25) is 5.02 Å². The van der Waals surface area contributed by atoms with E-state index in [4.69, 9.17) is 11.6 Å². The van der Waals surface area contributed by atoms with E-state index in [-0.39, 0.29) is 31.3 Å². The molecule has 0 bridgehead atoms. The van der Waals surface area contributed by atoms with Gasteiger partial charge in [0, 0.05) is 30.1 Å². The molecular formula is C25H34ClN3O4S. The van der Waals surface area contributed by atoms with Crippen LogP contribution in [0.1, 0.15) is 46.1 Å². The fraction of sp³-hybridized carbons (Fsp3) is 0.440. The minimum Gasteiger partial charge on any atom is -0.350 e. The lowest BCUT2D eigenvalue weighted by Crippen LogP contribution is -2.52. The first-order valence-corrected chi connectivity index (χ1v) is 13.4. The van der Waals surface area contributed by atoms with E-state index in [9.17, 15) is 18.0 Å². The second kappa shape index (κ2) is 11.7. The predicted molar refractivity (Wildman–Crippen MR) is 137 cm³/mol. The molecule has 0 aliphatic carbocycles. The lowest BCUT2D eigenvalue weighted by atomic mass is 10.1. The van der Waals surface area contributed by atoms with Crippen LogP contribution in [-0.2, 0) is 26.2 Å². The lowest BCUT2D eigenvalue weighted by Gasteiger charge is -2.32. The van der Waals surface area contributed by atoms with Gasteiger partial charge in [-0.05, 0) is 57.9 Å². The molecule has 0 aromatic heterocycles. The second-order valence-electron chi connectivity index (χ2n) is 9.30. The maximum Gasteiger partial charge on any atom is 0.242 e. The number of carbonyl (C=O) groups is 2. The number of amides is 2. The zero-order valence-electron chi connectivity index (χ0n) is 20.4. The van der Waals surface area contributed by atoms with E-state index in [1.54, 1.807) is 43.3 Å². The van der Waals surface area contributed by atoms with E-state index in [0.717, 1.165) is 11.8 Å². The summed E-state index contributed by atoms with van der Waals surface area (Å²) >= 11 is 6.32. The highest BCUT2D eigenvalue weighted by Crippen LogP contribution is 2.21. The fourth-order valence-corrected chi connectivity index (χ4v) is 4.63. The minimum atomic E-state index is -3.51. The molecule has 0 radical (unpaired) electrons. The molecule has 2 aromatic rings. The summed E-state index contributed by atoms with van der Waals surface area (Å²) in [5.41, 5.74) is 0.828. The van der Waals surface area contributed by atoms with Crippen LogP contribution in [0.4, 0.5) is 5.69 Å². The number of carbonyl (C=O) groups excluding carboxylic acids is 2. The van der Waals surface area contributed by atoms with Crippen LogP contribution >= 0.6 is 11.6 Å². The summed E-state index contributed by atoms with van der Waals surface area (Å²) in [6.07, 6.45) is 1.52. The molecule has 0 heterocycles. The van der Waals surface area contributed by atoms with E-state index in [1.807, 2.05) is 39.0 Å². The molecule has 2 rings (SSSR count). The first kappa shape index (κ1) is 27.7. The summed E-state index contributed by atoms with van der Waals surface area (Å²) in [7, 11) is -3.51. The van der Waals surface area contributed by atoms with Crippen molar-refractivity contribution in [3.8, 4) is 0 Å². The van der Waals surface area contributed by atoms with Gasteiger partial charge in [0.15, 0.2) is 0 Å². The molecule has 2 amide bonds. The topological polar surface area (TPSA) is 86.8 Å². The molecule has 9 heteroatoms. The van der Waals surface area contributed by atoms with Crippen molar-refractivity contribution in [2.75, 3.05) is 17.1 Å². The lowest BCUT2D eigenvalue weighted by molar-refractivity contribution is -0.141. The maximum atomic E-state index is 13.3. The third-order valence-electron chi connectivity index (χ3n) is 5.16. The van der Waals surface area contributed by atoms with Crippen molar-refractivity contribution in [2.45, 2.75) is 58.7 Å². The Bertz CT molecular complexity index is 1080. The average molecular weight is 508 g/mol.